The van der Waals surface area contributed by atoms with Gasteiger partial charge in [-0.1, -0.05) is 30.3 Å². The molecule has 0 atom stereocenters. The number of phenolic OH excluding ortho intramolecular Hbond substituents is 1. The Bertz CT molecular complexity index is 1550. The number of primary amides is 1. The van der Waals surface area contributed by atoms with Crippen molar-refractivity contribution < 1.29 is 24.4 Å². The number of carbonyl (C=O) groups excluding carboxylic acids is 2. The number of non-ortho nitro benzene ring substituents is 1. The molecule has 4 rings (SSSR count). The Morgan fingerprint density at radius 2 is 1.81 bits per heavy atom. The Morgan fingerprint density at radius 3 is 2.53 bits per heavy atom. The van der Waals surface area contributed by atoms with Crippen molar-refractivity contribution in [3.05, 3.63) is 94.0 Å². The first kappa shape index (κ1) is 23.8. The van der Waals surface area contributed by atoms with Crippen LogP contribution in [0, 0.1) is 10.1 Å². The second kappa shape index (κ2) is 9.89. The van der Waals surface area contributed by atoms with Crippen molar-refractivity contribution >= 4 is 45.3 Å². The van der Waals surface area contributed by atoms with Gasteiger partial charge in [-0.3, -0.25) is 19.7 Å². The van der Waals surface area contributed by atoms with E-state index in [4.69, 9.17) is 10.5 Å². The average Bonchev–Trinajstić information content (AvgIpc) is 2.87. The summed E-state index contributed by atoms with van der Waals surface area (Å²) >= 11 is 0. The summed E-state index contributed by atoms with van der Waals surface area (Å²) in [7, 11) is 1.42. The van der Waals surface area contributed by atoms with Gasteiger partial charge >= 0.3 is 0 Å². The lowest BCUT2D eigenvalue weighted by Gasteiger charge is -2.11. The number of nitrogens with zero attached hydrogens (tertiary/aromatic N) is 3. The second-order valence-electron chi connectivity index (χ2n) is 7.55. The zero-order valence-corrected chi connectivity index (χ0v) is 18.8. The Morgan fingerprint density at radius 1 is 1.03 bits per heavy atom. The predicted octanol–water partition coefficient (Wildman–Crippen LogP) is 5.23. The number of anilines is 1. The Balaban J connectivity index is 1.78. The lowest BCUT2D eigenvalue weighted by atomic mass is 10.0. The van der Waals surface area contributed by atoms with Crippen LogP contribution in [0.2, 0.25) is 0 Å². The van der Waals surface area contributed by atoms with Crippen molar-refractivity contribution in [2.24, 2.45) is 16.0 Å². The minimum Gasteiger partial charge on any atom is -0.505 e. The maximum atomic E-state index is 13.0. The molecule has 4 aromatic rings. The van der Waals surface area contributed by atoms with Crippen LogP contribution in [0.15, 0.2) is 83.0 Å². The molecule has 36 heavy (non-hydrogen) atoms. The molecule has 0 aliphatic carbocycles. The number of nitrogens with two attached hydrogens (primary N) is 1. The third kappa shape index (κ3) is 4.80. The second-order valence-corrected chi connectivity index (χ2v) is 7.55. The minimum atomic E-state index is -0.705. The summed E-state index contributed by atoms with van der Waals surface area (Å²) in [6, 6.07) is 18.2. The highest BCUT2D eigenvalue weighted by Crippen LogP contribution is 2.40. The van der Waals surface area contributed by atoms with Crippen LogP contribution in [0.3, 0.4) is 0 Å². The molecule has 4 aromatic carbocycles. The maximum absolute atomic E-state index is 13.0. The molecule has 0 saturated carbocycles. The molecule has 0 spiro atoms. The van der Waals surface area contributed by atoms with Gasteiger partial charge in [0.05, 0.1) is 17.6 Å². The summed E-state index contributed by atoms with van der Waals surface area (Å²) in [6.45, 7) is 0. The van der Waals surface area contributed by atoms with Gasteiger partial charge < -0.3 is 20.9 Å². The van der Waals surface area contributed by atoms with Crippen LogP contribution in [0.5, 0.6) is 11.5 Å². The van der Waals surface area contributed by atoms with Gasteiger partial charge in [0.1, 0.15) is 17.1 Å². The standard InChI is InChI=1S/C25H19N5O6/c1-36-21-10-9-15(24(26)32)12-20(21)28-29-22-18-8-3-2-5-14(18)11-19(23(22)31)25(33)27-16-6-4-7-17(13-16)30(34)35/h2-13,31H,1H3,(H2,26,32)(H,27,33)/b29-28+. The first-order valence-corrected chi connectivity index (χ1v) is 10.5. The topological polar surface area (TPSA) is 170 Å². The summed E-state index contributed by atoms with van der Waals surface area (Å²) in [6.07, 6.45) is 0. The number of phenols is 1. The van der Waals surface area contributed by atoms with Crippen molar-refractivity contribution in [1.29, 1.82) is 0 Å². The first-order chi connectivity index (χ1) is 17.3. The number of carbonyl (C=O) groups is 2. The fraction of sp³-hybridized carbons (Fsp3) is 0.0400. The van der Waals surface area contributed by atoms with Gasteiger partial charge in [-0.15, -0.1) is 10.2 Å². The number of nitrogens with one attached hydrogen (secondary N) is 1. The summed E-state index contributed by atoms with van der Waals surface area (Å²) < 4.78 is 5.26. The monoisotopic (exact) mass is 485 g/mol. The lowest BCUT2D eigenvalue weighted by molar-refractivity contribution is -0.384. The number of fused-ring (bicyclic) bond motifs is 1. The zero-order chi connectivity index (χ0) is 25.8. The van der Waals surface area contributed by atoms with E-state index in [2.05, 4.69) is 15.5 Å². The van der Waals surface area contributed by atoms with Crippen molar-refractivity contribution in [2.45, 2.75) is 0 Å². The number of amides is 2. The van der Waals surface area contributed by atoms with Crippen molar-refractivity contribution in [3.63, 3.8) is 0 Å². The van der Waals surface area contributed by atoms with E-state index in [1.54, 1.807) is 24.3 Å². The SMILES string of the molecule is COc1ccc(C(N)=O)cc1/N=N/c1c(O)c(C(=O)Nc2cccc([N+](=O)[O-])c2)cc2ccccc12. The van der Waals surface area contributed by atoms with E-state index >= 15 is 0 Å². The number of hydrogen-bond acceptors (Lipinski definition) is 8. The third-order valence-corrected chi connectivity index (χ3v) is 5.28. The molecule has 0 bridgehead atoms. The first-order valence-electron chi connectivity index (χ1n) is 10.5. The largest absolute Gasteiger partial charge is 0.505 e. The molecule has 0 radical (unpaired) electrons. The number of azo groups is 1. The molecule has 0 aliphatic rings. The van der Waals surface area contributed by atoms with Crippen LogP contribution in [0.4, 0.5) is 22.7 Å². The van der Waals surface area contributed by atoms with Gasteiger partial charge in [-0.2, -0.15) is 0 Å². The summed E-state index contributed by atoms with van der Waals surface area (Å²) in [4.78, 5) is 35.1. The van der Waals surface area contributed by atoms with Crippen LogP contribution in [-0.2, 0) is 0 Å². The number of ether oxygens (including phenoxy) is 1. The molecule has 0 unspecified atom stereocenters. The number of rotatable bonds is 7. The molecule has 11 nitrogen and oxygen atoms in total. The van der Waals surface area contributed by atoms with Gasteiger partial charge in [-0.25, -0.2) is 0 Å². The zero-order valence-electron chi connectivity index (χ0n) is 18.8. The predicted molar refractivity (Wildman–Crippen MR) is 132 cm³/mol. The number of hydrogen-bond donors (Lipinski definition) is 3. The number of benzene rings is 4. The number of nitro benzene ring substituents is 1. The molecule has 0 saturated heterocycles. The highest BCUT2D eigenvalue weighted by atomic mass is 16.6. The van der Waals surface area contributed by atoms with Gasteiger partial charge in [0.15, 0.2) is 5.75 Å². The van der Waals surface area contributed by atoms with Crippen molar-refractivity contribution in [2.75, 3.05) is 12.4 Å². The normalized spacial score (nSPS) is 10.9. The van der Waals surface area contributed by atoms with Crippen molar-refractivity contribution in [1.82, 2.24) is 0 Å². The molecule has 0 heterocycles. The number of aromatic hydroxyl groups is 1. The quantitative estimate of drug-likeness (QED) is 0.184. The van der Waals surface area contributed by atoms with E-state index in [0.717, 1.165) is 0 Å². The molecule has 0 aliphatic heterocycles. The fourth-order valence-electron chi connectivity index (χ4n) is 3.51. The summed E-state index contributed by atoms with van der Waals surface area (Å²) in [5.74, 6) is -1.51. The summed E-state index contributed by atoms with van der Waals surface area (Å²) in [5, 5.41) is 34.0. The van der Waals surface area contributed by atoms with E-state index in [-0.39, 0.29) is 33.9 Å². The van der Waals surface area contributed by atoms with Gasteiger partial charge in [0, 0.05) is 28.8 Å². The van der Waals surface area contributed by atoms with Crippen molar-refractivity contribution in [3.8, 4) is 11.5 Å². The smallest absolute Gasteiger partial charge is 0.271 e. The van der Waals surface area contributed by atoms with Crippen LogP contribution < -0.4 is 15.8 Å². The highest BCUT2D eigenvalue weighted by molar-refractivity contribution is 6.11. The lowest BCUT2D eigenvalue weighted by Crippen LogP contribution is -2.12. The number of methoxy groups -OCH3 is 1. The number of nitro groups is 1. The molecule has 11 heteroatoms. The van der Waals surface area contributed by atoms with E-state index in [9.17, 15) is 24.8 Å². The van der Waals surface area contributed by atoms with E-state index in [1.807, 2.05) is 0 Å². The Kier molecular flexibility index (Phi) is 6.55. The molecule has 180 valence electrons. The van der Waals surface area contributed by atoms with E-state index < -0.39 is 22.5 Å². The molecular weight excluding hydrogens is 466 g/mol. The Hall–Kier alpha value is -5.32. The average molecular weight is 485 g/mol. The third-order valence-electron chi connectivity index (χ3n) is 5.28. The van der Waals surface area contributed by atoms with Crippen LogP contribution >= 0.6 is 0 Å². The molecule has 0 aromatic heterocycles. The maximum Gasteiger partial charge on any atom is 0.271 e. The van der Waals surface area contributed by atoms with Crippen LogP contribution in [0.1, 0.15) is 20.7 Å². The Labute approximate surface area is 204 Å². The van der Waals surface area contributed by atoms with E-state index in [0.29, 0.717) is 16.5 Å². The molecule has 0 fully saturated rings. The van der Waals surface area contributed by atoms with E-state index in [1.165, 1.54) is 55.6 Å². The highest BCUT2D eigenvalue weighted by Gasteiger charge is 2.19. The fourth-order valence-corrected chi connectivity index (χ4v) is 3.51. The van der Waals surface area contributed by atoms with Crippen LogP contribution in [0.25, 0.3) is 10.8 Å². The van der Waals surface area contributed by atoms with Gasteiger partial charge in [-0.05, 0) is 35.7 Å². The molecule has 4 N–H and O–H groups in total. The molecular formula is C25H19N5O6. The molecule has 2 amide bonds. The summed E-state index contributed by atoms with van der Waals surface area (Å²) in [5.41, 5.74) is 5.58. The van der Waals surface area contributed by atoms with Crippen LogP contribution in [-0.4, -0.2) is 29.0 Å². The van der Waals surface area contributed by atoms with Gasteiger partial charge in [0.25, 0.3) is 11.6 Å². The minimum absolute atomic E-state index is 0.00354. The van der Waals surface area contributed by atoms with Gasteiger partial charge in [0.2, 0.25) is 5.91 Å².